The lowest BCUT2D eigenvalue weighted by atomic mass is 9.64. The van der Waals surface area contributed by atoms with Crippen LogP contribution in [0, 0.1) is 34.5 Å². The number of ether oxygens (including phenoxy) is 2. The molecule has 8 nitrogen and oxygen atoms in total. The molecule has 3 heterocycles. The van der Waals surface area contributed by atoms with Crippen molar-refractivity contribution >= 4 is 28.3 Å². The fourth-order valence-corrected chi connectivity index (χ4v) is 6.76. The number of carbonyl (C=O) groups is 2. The molecule has 3 aliphatic heterocycles. The van der Waals surface area contributed by atoms with Gasteiger partial charge in [0, 0.05) is 23.6 Å². The number of amides is 2. The molecule has 0 saturated carbocycles. The highest BCUT2D eigenvalue weighted by molar-refractivity contribution is 6.26. The highest BCUT2D eigenvalue weighted by Gasteiger charge is 2.77. The lowest BCUT2D eigenvalue weighted by Gasteiger charge is -2.34. The summed E-state index contributed by atoms with van der Waals surface area (Å²) in [5.74, 6) is -1.72. The van der Waals surface area contributed by atoms with Gasteiger partial charge in [-0.15, -0.1) is 0 Å². The van der Waals surface area contributed by atoms with Gasteiger partial charge in [-0.25, -0.2) is 4.90 Å². The fraction of sp³-hybridized carbons (Fsp3) is 0.333. The summed E-state index contributed by atoms with van der Waals surface area (Å²) in [4.78, 5) is 29.3. The van der Waals surface area contributed by atoms with Gasteiger partial charge < -0.3 is 14.6 Å². The Bertz CT molecular complexity index is 1550. The van der Waals surface area contributed by atoms with Crippen molar-refractivity contribution in [1.82, 2.24) is 0 Å². The van der Waals surface area contributed by atoms with Crippen LogP contribution in [0.4, 0.5) is 5.69 Å². The molecule has 3 aliphatic rings. The molecule has 3 aromatic rings. The first-order valence-electron chi connectivity index (χ1n) is 12.7. The molecule has 0 aromatic heterocycles. The Labute approximate surface area is 219 Å². The maximum atomic E-state index is 14.1. The van der Waals surface area contributed by atoms with E-state index in [1.54, 1.807) is 48.5 Å². The molecule has 5 atom stereocenters. The SMILES string of the molecule is CCC12OC(CCOc3ccc(C#N)cc3)(C[C@H]1O)[C@@H]1C(=O)N(c3ccc(C#N)c4ccccc34)C(=O)[C@@H]12. The summed E-state index contributed by atoms with van der Waals surface area (Å²) >= 11 is 0. The average Bonchev–Trinajstić information content (AvgIpc) is 3.51. The Morgan fingerprint density at radius 2 is 1.71 bits per heavy atom. The number of carbonyl (C=O) groups excluding carboxylic acids is 2. The molecular formula is C30H25N3O5. The van der Waals surface area contributed by atoms with Gasteiger partial charge in [0.1, 0.15) is 11.4 Å². The molecule has 2 bridgehead atoms. The summed E-state index contributed by atoms with van der Waals surface area (Å²) in [5.41, 5.74) is -0.772. The molecule has 2 unspecified atom stereocenters. The zero-order chi connectivity index (χ0) is 26.7. The van der Waals surface area contributed by atoms with Gasteiger partial charge in [0.2, 0.25) is 11.8 Å². The number of aliphatic hydroxyl groups excluding tert-OH is 1. The smallest absolute Gasteiger partial charge is 0.240 e. The second-order valence-electron chi connectivity index (χ2n) is 10.2. The number of anilines is 1. The minimum Gasteiger partial charge on any atom is -0.493 e. The molecule has 8 heteroatoms. The van der Waals surface area contributed by atoms with Crippen LogP contribution in [-0.4, -0.2) is 40.8 Å². The van der Waals surface area contributed by atoms with Crippen LogP contribution in [0.1, 0.15) is 37.3 Å². The summed E-state index contributed by atoms with van der Waals surface area (Å²) in [6.45, 7) is 2.08. The Balaban J connectivity index is 1.36. The number of hydrogen-bond donors (Lipinski definition) is 1. The minimum absolute atomic E-state index is 0.211. The number of rotatable bonds is 6. The van der Waals surface area contributed by atoms with Crippen LogP contribution in [0.15, 0.2) is 60.7 Å². The Morgan fingerprint density at radius 1 is 1.00 bits per heavy atom. The molecule has 3 saturated heterocycles. The molecule has 0 aliphatic carbocycles. The van der Waals surface area contributed by atoms with Crippen LogP contribution in [0.5, 0.6) is 5.75 Å². The quantitative estimate of drug-likeness (QED) is 0.503. The highest BCUT2D eigenvalue weighted by Crippen LogP contribution is 2.63. The van der Waals surface area contributed by atoms with Gasteiger partial charge in [-0.3, -0.25) is 9.59 Å². The largest absolute Gasteiger partial charge is 0.493 e. The summed E-state index contributed by atoms with van der Waals surface area (Å²) in [6, 6.07) is 21.5. The summed E-state index contributed by atoms with van der Waals surface area (Å²) in [6.07, 6.45) is 0.0421. The Kier molecular flexibility index (Phi) is 5.50. The van der Waals surface area contributed by atoms with Crippen molar-refractivity contribution in [3.05, 3.63) is 71.8 Å². The first-order chi connectivity index (χ1) is 18.4. The van der Waals surface area contributed by atoms with Crippen molar-refractivity contribution in [1.29, 1.82) is 10.5 Å². The molecule has 6 rings (SSSR count). The second-order valence-corrected chi connectivity index (χ2v) is 10.2. The number of nitrogens with zero attached hydrogens (tertiary/aromatic N) is 3. The first-order valence-corrected chi connectivity index (χ1v) is 12.7. The maximum Gasteiger partial charge on any atom is 0.240 e. The van der Waals surface area contributed by atoms with Crippen LogP contribution in [0.2, 0.25) is 0 Å². The van der Waals surface area contributed by atoms with E-state index in [0.717, 1.165) is 0 Å². The minimum atomic E-state index is -1.15. The van der Waals surface area contributed by atoms with E-state index >= 15 is 0 Å². The van der Waals surface area contributed by atoms with Crippen molar-refractivity contribution in [2.24, 2.45) is 11.8 Å². The van der Waals surface area contributed by atoms with Gasteiger partial charge >= 0.3 is 0 Å². The van der Waals surface area contributed by atoms with Gasteiger partial charge in [0.15, 0.2) is 0 Å². The van der Waals surface area contributed by atoms with E-state index in [9.17, 15) is 20.0 Å². The van der Waals surface area contributed by atoms with Gasteiger partial charge in [-0.2, -0.15) is 10.5 Å². The zero-order valence-corrected chi connectivity index (χ0v) is 20.8. The Morgan fingerprint density at radius 3 is 2.39 bits per heavy atom. The lowest BCUT2D eigenvalue weighted by molar-refractivity contribution is -0.137. The number of nitriles is 2. The van der Waals surface area contributed by atoms with E-state index < -0.39 is 29.1 Å². The van der Waals surface area contributed by atoms with Crippen molar-refractivity contribution in [3.63, 3.8) is 0 Å². The molecular weight excluding hydrogens is 482 g/mol. The summed E-state index contributed by atoms with van der Waals surface area (Å²) in [7, 11) is 0. The number of imide groups is 1. The van der Waals surface area contributed by atoms with E-state index in [1.807, 2.05) is 19.1 Å². The molecule has 2 amide bonds. The van der Waals surface area contributed by atoms with Crippen LogP contribution >= 0.6 is 0 Å². The monoisotopic (exact) mass is 507 g/mol. The standard InChI is InChI=1S/C30H25N3O5/c1-2-30-24(34)15-29(38-30,13-14-37-20-10-7-18(16-31)8-11-20)25-26(30)28(36)33(27(25)35)23-12-9-19(17-32)21-5-3-4-6-22(21)23/h3-12,24-26,34H,2,13-15H2,1H3/t24-,25+,26-,29?,30?/m1/s1. The summed E-state index contributed by atoms with van der Waals surface area (Å²) < 4.78 is 12.4. The van der Waals surface area contributed by atoms with Gasteiger partial charge in [0.05, 0.1) is 59.1 Å². The Hall–Kier alpha value is -4.24. The third-order valence-corrected chi connectivity index (χ3v) is 8.49. The van der Waals surface area contributed by atoms with Crippen LogP contribution in [-0.2, 0) is 14.3 Å². The second kappa shape index (κ2) is 8.66. The molecule has 0 spiro atoms. The van der Waals surface area contributed by atoms with Crippen molar-refractivity contribution in [2.75, 3.05) is 11.5 Å². The van der Waals surface area contributed by atoms with E-state index in [1.165, 1.54) is 4.90 Å². The van der Waals surface area contributed by atoms with E-state index in [2.05, 4.69) is 12.1 Å². The molecule has 38 heavy (non-hydrogen) atoms. The maximum absolute atomic E-state index is 14.1. The number of fused-ring (bicyclic) bond motifs is 6. The molecule has 1 N–H and O–H groups in total. The molecule has 3 aromatic carbocycles. The van der Waals surface area contributed by atoms with Crippen LogP contribution in [0.3, 0.4) is 0 Å². The van der Waals surface area contributed by atoms with Gasteiger partial charge in [-0.05, 0) is 42.8 Å². The summed E-state index contributed by atoms with van der Waals surface area (Å²) in [5, 5.41) is 31.0. The zero-order valence-electron chi connectivity index (χ0n) is 20.8. The fourth-order valence-electron chi connectivity index (χ4n) is 6.76. The number of benzene rings is 3. The molecule has 3 fully saturated rings. The number of hydrogen-bond acceptors (Lipinski definition) is 7. The third kappa shape index (κ3) is 3.21. The van der Waals surface area contributed by atoms with Crippen LogP contribution in [0.25, 0.3) is 10.8 Å². The van der Waals surface area contributed by atoms with Gasteiger partial charge in [-0.1, -0.05) is 31.2 Å². The predicted octanol–water partition coefficient (Wildman–Crippen LogP) is 3.84. The highest BCUT2D eigenvalue weighted by atomic mass is 16.6. The van der Waals surface area contributed by atoms with Crippen molar-refractivity contribution < 1.29 is 24.2 Å². The third-order valence-electron chi connectivity index (χ3n) is 8.49. The number of aliphatic hydroxyl groups is 1. The normalized spacial score (nSPS) is 29.4. The van der Waals surface area contributed by atoms with E-state index in [0.29, 0.717) is 46.2 Å². The first kappa shape index (κ1) is 24.1. The topological polar surface area (TPSA) is 124 Å². The van der Waals surface area contributed by atoms with Crippen molar-refractivity contribution in [2.45, 2.75) is 43.5 Å². The van der Waals surface area contributed by atoms with Gasteiger partial charge in [0.25, 0.3) is 0 Å². The predicted molar refractivity (Wildman–Crippen MR) is 137 cm³/mol. The van der Waals surface area contributed by atoms with E-state index in [-0.39, 0.29) is 24.8 Å². The van der Waals surface area contributed by atoms with Crippen LogP contribution < -0.4 is 9.64 Å². The van der Waals surface area contributed by atoms with Crippen molar-refractivity contribution in [3.8, 4) is 17.9 Å². The molecule has 190 valence electrons. The van der Waals surface area contributed by atoms with E-state index in [4.69, 9.17) is 14.7 Å². The lowest BCUT2D eigenvalue weighted by Crippen LogP contribution is -2.51. The molecule has 0 radical (unpaired) electrons. The average molecular weight is 508 g/mol.